The third-order valence-electron chi connectivity index (χ3n) is 5.57. The first kappa shape index (κ1) is 20.7. The van der Waals surface area contributed by atoms with E-state index in [9.17, 15) is 4.79 Å². The molecule has 2 heterocycles. The van der Waals surface area contributed by atoms with Crippen molar-refractivity contribution in [3.8, 4) is 22.8 Å². The number of rotatable bonds is 6. The number of anilines is 2. The standard InChI is InChI=1S/C24H26N4O3/c1-30-20-8-6-17(7-9-20)22-15-23(26-16-25-22)28-12-10-18(11-13-28)24(29)27-19-4-3-5-21(14-19)31-2/h3-9,14-16,18H,10-13H2,1-2H3,(H,27,29). The summed E-state index contributed by atoms with van der Waals surface area (Å²) in [7, 11) is 3.27. The fraction of sp³-hybridized carbons (Fsp3) is 0.292. The summed E-state index contributed by atoms with van der Waals surface area (Å²) in [6.07, 6.45) is 3.14. The van der Waals surface area contributed by atoms with Gasteiger partial charge < -0.3 is 19.7 Å². The average Bonchev–Trinajstić information content (AvgIpc) is 2.84. The van der Waals surface area contributed by atoms with Gasteiger partial charge in [0.2, 0.25) is 5.91 Å². The maximum atomic E-state index is 12.7. The Morgan fingerprint density at radius 3 is 2.42 bits per heavy atom. The number of benzene rings is 2. The van der Waals surface area contributed by atoms with Crippen LogP contribution in [0.5, 0.6) is 11.5 Å². The van der Waals surface area contributed by atoms with E-state index in [0.29, 0.717) is 0 Å². The normalized spacial score (nSPS) is 14.2. The summed E-state index contributed by atoms with van der Waals surface area (Å²) in [4.78, 5) is 23.8. The van der Waals surface area contributed by atoms with Gasteiger partial charge in [-0.15, -0.1) is 0 Å². The van der Waals surface area contributed by atoms with Crippen molar-refractivity contribution in [2.45, 2.75) is 12.8 Å². The molecule has 31 heavy (non-hydrogen) atoms. The van der Waals surface area contributed by atoms with Crippen molar-refractivity contribution >= 4 is 17.4 Å². The van der Waals surface area contributed by atoms with Gasteiger partial charge in [0.05, 0.1) is 19.9 Å². The predicted octanol–water partition coefficient (Wildman–Crippen LogP) is 4.02. The minimum absolute atomic E-state index is 0.0228. The molecule has 1 N–H and O–H groups in total. The summed E-state index contributed by atoms with van der Waals surface area (Å²) in [5.74, 6) is 2.45. The van der Waals surface area contributed by atoms with E-state index in [-0.39, 0.29) is 11.8 Å². The molecule has 0 spiro atoms. The van der Waals surface area contributed by atoms with Crippen LogP contribution in [0.3, 0.4) is 0 Å². The Morgan fingerprint density at radius 2 is 1.71 bits per heavy atom. The van der Waals surface area contributed by atoms with Gasteiger partial charge in [-0.25, -0.2) is 9.97 Å². The van der Waals surface area contributed by atoms with Gasteiger partial charge in [0, 0.05) is 42.4 Å². The minimum atomic E-state index is -0.0228. The minimum Gasteiger partial charge on any atom is -0.497 e. The van der Waals surface area contributed by atoms with Gasteiger partial charge in [0.25, 0.3) is 0 Å². The molecular weight excluding hydrogens is 392 g/mol. The Bertz CT molecular complexity index is 1030. The second-order valence-electron chi connectivity index (χ2n) is 7.47. The molecule has 0 bridgehead atoms. The summed E-state index contributed by atoms with van der Waals surface area (Å²) < 4.78 is 10.4. The van der Waals surface area contributed by atoms with Crippen LogP contribution in [-0.4, -0.2) is 43.2 Å². The Balaban J connectivity index is 1.37. The number of nitrogens with one attached hydrogen (secondary N) is 1. The number of hydrogen-bond acceptors (Lipinski definition) is 6. The van der Waals surface area contributed by atoms with E-state index < -0.39 is 0 Å². The third-order valence-corrected chi connectivity index (χ3v) is 5.57. The number of hydrogen-bond donors (Lipinski definition) is 1. The molecular formula is C24H26N4O3. The number of ether oxygens (including phenoxy) is 2. The average molecular weight is 418 g/mol. The van der Waals surface area contributed by atoms with Crippen LogP contribution in [0.15, 0.2) is 60.9 Å². The number of carbonyl (C=O) groups excluding carboxylic acids is 1. The lowest BCUT2D eigenvalue weighted by Gasteiger charge is -2.32. The molecule has 0 atom stereocenters. The smallest absolute Gasteiger partial charge is 0.227 e. The molecule has 0 unspecified atom stereocenters. The zero-order valence-electron chi connectivity index (χ0n) is 17.7. The van der Waals surface area contributed by atoms with Crippen molar-refractivity contribution in [2.75, 3.05) is 37.5 Å². The van der Waals surface area contributed by atoms with Crippen molar-refractivity contribution in [2.24, 2.45) is 5.92 Å². The highest BCUT2D eigenvalue weighted by atomic mass is 16.5. The van der Waals surface area contributed by atoms with Crippen LogP contribution in [0.4, 0.5) is 11.5 Å². The molecule has 1 fully saturated rings. The molecule has 7 nitrogen and oxygen atoms in total. The van der Waals surface area contributed by atoms with Crippen LogP contribution >= 0.6 is 0 Å². The first-order chi connectivity index (χ1) is 15.2. The number of aromatic nitrogens is 2. The molecule has 0 radical (unpaired) electrons. The predicted molar refractivity (Wildman–Crippen MR) is 121 cm³/mol. The second kappa shape index (κ2) is 9.47. The lowest BCUT2D eigenvalue weighted by molar-refractivity contribution is -0.120. The molecule has 1 saturated heterocycles. The van der Waals surface area contributed by atoms with Gasteiger partial charge in [0.1, 0.15) is 23.6 Å². The van der Waals surface area contributed by atoms with Gasteiger partial charge in [-0.3, -0.25) is 4.79 Å². The van der Waals surface area contributed by atoms with E-state index in [1.165, 1.54) is 0 Å². The highest BCUT2D eigenvalue weighted by Gasteiger charge is 2.26. The topological polar surface area (TPSA) is 76.6 Å². The molecule has 1 amide bonds. The first-order valence-corrected chi connectivity index (χ1v) is 10.3. The number of piperidine rings is 1. The molecule has 160 valence electrons. The van der Waals surface area contributed by atoms with E-state index in [4.69, 9.17) is 9.47 Å². The van der Waals surface area contributed by atoms with Crippen molar-refractivity contribution in [1.82, 2.24) is 9.97 Å². The Hall–Kier alpha value is -3.61. The van der Waals surface area contributed by atoms with E-state index >= 15 is 0 Å². The summed E-state index contributed by atoms with van der Waals surface area (Å²) >= 11 is 0. The fourth-order valence-electron chi connectivity index (χ4n) is 3.76. The molecule has 1 aliphatic heterocycles. The van der Waals surface area contributed by atoms with Crippen molar-refractivity contribution < 1.29 is 14.3 Å². The van der Waals surface area contributed by atoms with Gasteiger partial charge in [-0.05, 0) is 49.2 Å². The molecule has 1 aliphatic rings. The highest BCUT2D eigenvalue weighted by molar-refractivity contribution is 5.92. The lowest BCUT2D eigenvalue weighted by Crippen LogP contribution is -2.38. The monoisotopic (exact) mass is 418 g/mol. The summed E-state index contributed by atoms with van der Waals surface area (Å²) in [6, 6.07) is 17.2. The zero-order chi connectivity index (χ0) is 21.6. The quantitative estimate of drug-likeness (QED) is 0.652. The summed E-state index contributed by atoms with van der Waals surface area (Å²) in [5.41, 5.74) is 2.63. The first-order valence-electron chi connectivity index (χ1n) is 10.3. The SMILES string of the molecule is COc1ccc(-c2cc(N3CCC(C(=O)Nc4cccc(OC)c4)CC3)ncn2)cc1. The number of amides is 1. The molecule has 1 aromatic heterocycles. The summed E-state index contributed by atoms with van der Waals surface area (Å²) in [5, 5.41) is 3.01. The number of carbonyl (C=O) groups is 1. The van der Waals surface area contributed by atoms with Crippen LogP contribution < -0.4 is 19.7 Å². The Morgan fingerprint density at radius 1 is 0.968 bits per heavy atom. The van der Waals surface area contributed by atoms with Crippen LogP contribution in [0.1, 0.15) is 12.8 Å². The van der Waals surface area contributed by atoms with Crippen LogP contribution in [0.25, 0.3) is 11.3 Å². The molecule has 7 heteroatoms. The van der Waals surface area contributed by atoms with Gasteiger partial charge in [0.15, 0.2) is 0 Å². The fourth-order valence-corrected chi connectivity index (χ4v) is 3.76. The molecule has 0 aliphatic carbocycles. The molecule has 2 aromatic carbocycles. The van der Waals surface area contributed by atoms with E-state index in [2.05, 4.69) is 20.2 Å². The Kier molecular flexibility index (Phi) is 6.31. The van der Waals surface area contributed by atoms with Crippen LogP contribution in [-0.2, 0) is 4.79 Å². The van der Waals surface area contributed by atoms with Crippen LogP contribution in [0.2, 0.25) is 0 Å². The van der Waals surface area contributed by atoms with E-state index in [0.717, 1.165) is 60.2 Å². The van der Waals surface area contributed by atoms with E-state index in [1.54, 1.807) is 20.5 Å². The van der Waals surface area contributed by atoms with Crippen molar-refractivity contribution in [1.29, 1.82) is 0 Å². The van der Waals surface area contributed by atoms with Gasteiger partial charge in [-0.1, -0.05) is 6.07 Å². The maximum absolute atomic E-state index is 12.7. The maximum Gasteiger partial charge on any atom is 0.227 e. The summed E-state index contributed by atoms with van der Waals surface area (Å²) in [6.45, 7) is 1.55. The Labute approximate surface area is 182 Å². The van der Waals surface area contributed by atoms with Crippen LogP contribution in [0, 0.1) is 5.92 Å². The van der Waals surface area contributed by atoms with Gasteiger partial charge >= 0.3 is 0 Å². The van der Waals surface area contributed by atoms with Crippen molar-refractivity contribution in [3.05, 3.63) is 60.9 Å². The molecule has 4 rings (SSSR count). The van der Waals surface area contributed by atoms with Crippen molar-refractivity contribution in [3.63, 3.8) is 0 Å². The van der Waals surface area contributed by atoms with Gasteiger partial charge in [-0.2, -0.15) is 0 Å². The van der Waals surface area contributed by atoms with E-state index in [1.807, 2.05) is 54.6 Å². The lowest BCUT2D eigenvalue weighted by atomic mass is 9.95. The zero-order valence-corrected chi connectivity index (χ0v) is 17.7. The number of nitrogens with zero attached hydrogens (tertiary/aromatic N) is 3. The third kappa shape index (κ3) is 4.94. The molecule has 0 saturated carbocycles. The molecule has 3 aromatic rings. The largest absolute Gasteiger partial charge is 0.497 e. The second-order valence-corrected chi connectivity index (χ2v) is 7.47. The highest BCUT2D eigenvalue weighted by Crippen LogP contribution is 2.27. The number of methoxy groups -OCH3 is 2.